The lowest BCUT2D eigenvalue weighted by atomic mass is 10.0. The fraction of sp³-hybridized carbons (Fsp3) is 0. The summed E-state index contributed by atoms with van der Waals surface area (Å²) in [5, 5.41) is 4.78. The quantitative estimate of drug-likeness (QED) is 0.340. The average Bonchev–Trinajstić information content (AvgIpc) is 2.79. The highest BCUT2D eigenvalue weighted by atomic mass is 79.9. The first kappa shape index (κ1) is 18.5. The minimum absolute atomic E-state index is 0.177. The lowest BCUT2D eigenvalue weighted by molar-refractivity contribution is 0.102. The summed E-state index contributed by atoms with van der Waals surface area (Å²) in [5.74, 6) is -0.177. The Morgan fingerprint density at radius 1 is 0.800 bits per heavy atom. The Labute approximate surface area is 181 Å². The summed E-state index contributed by atoms with van der Waals surface area (Å²) in [5.41, 5.74) is 4.64. The van der Waals surface area contributed by atoms with Crippen molar-refractivity contribution in [1.29, 1.82) is 0 Å². The number of fused-ring (bicyclic) bond motifs is 2. The van der Waals surface area contributed by atoms with Crippen LogP contribution in [0.4, 0.5) is 5.69 Å². The van der Waals surface area contributed by atoms with Crippen LogP contribution in [0.2, 0.25) is 0 Å². The monoisotopic (exact) mass is 453 g/mol. The molecule has 3 aromatic carbocycles. The summed E-state index contributed by atoms with van der Waals surface area (Å²) < 4.78 is 0.995. The van der Waals surface area contributed by atoms with E-state index < -0.39 is 0 Å². The predicted molar refractivity (Wildman–Crippen MR) is 125 cm³/mol. The second-order valence-electron chi connectivity index (χ2n) is 6.91. The van der Waals surface area contributed by atoms with Crippen LogP contribution >= 0.6 is 15.9 Å². The zero-order valence-corrected chi connectivity index (χ0v) is 17.4. The fourth-order valence-electron chi connectivity index (χ4n) is 3.53. The third-order valence-electron chi connectivity index (χ3n) is 4.99. The largest absolute Gasteiger partial charge is 0.321 e. The van der Waals surface area contributed by atoms with Crippen LogP contribution in [-0.2, 0) is 0 Å². The number of benzene rings is 3. The topological polar surface area (TPSA) is 54.9 Å². The smallest absolute Gasteiger partial charge is 0.256 e. The van der Waals surface area contributed by atoms with Gasteiger partial charge in [-0.25, -0.2) is 4.98 Å². The summed E-state index contributed by atoms with van der Waals surface area (Å²) in [6, 6.07) is 27.0. The van der Waals surface area contributed by atoms with E-state index in [9.17, 15) is 4.79 Å². The van der Waals surface area contributed by atoms with E-state index in [1.807, 2.05) is 84.9 Å². The Morgan fingerprint density at radius 3 is 2.43 bits per heavy atom. The number of nitrogens with one attached hydrogen (secondary N) is 1. The standard InChI is InChI=1S/C25H16BrN3O/c26-17-12-10-16(11-13-17)24-15-20(18-5-1-2-7-22(18)28-24)25(30)29-23-9-3-8-21-19(23)6-4-14-27-21/h1-15H,(H,29,30). The van der Waals surface area contributed by atoms with Crippen molar-refractivity contribution in [3.63, 3.8) is 0 Å². The molecule has 0 bridgehead atoms. The SMILES string of the molecule is O=C(Nc1cccc2ncccc12)c1cc(-c2ccc(Br)cc2)nc2ccccc12. The second kappa shape index (κ2) is 7.69. The maximum absolute atomic E-state index is 13.3. The van der Waals surface area contributed by atoms with Gasteiger partial charge in [0.15, 0.2) is 0 Å². The van der Waals surface area contributed by atoms with Crippen molar-refractivity contribution in [3.8, 4) is 11.3 Å². The molecule has 0 saturated heterocycles. The van der Waals surface area contributed by atoms with Crippen molar-refractivity contribution >= 4 is 49.3 Å². The number of rotatable bonds is 3. The number of carbonyl (C=O) groups excluding carboxylic acids is 1. The molecule has 0 aliphatic carbocycles. The molecule has 0 aliphatic rings. The molecule has 1 amide bonds. The number of hydrogen-bond donors (Lipinski definition) is 1. The van der Waals surface area contributed by atoms with Crippen LogP contribution in [0.1, 0.15) is 10.4 Å². The number of para-hydroxylation sites is 1. The van der Waals surface area contributed by atoms with Crippen molar-refractivity contribution in [2.75, 3.05) is 5.32 Å². The lowest BCUT2D eigenvalue weighted by Crippen LogP contribution is -2.13. The average molecular weight is 454 g/mol. The molecular weight excluding hydrogens is 438 g/mol. The number of aromatic nitrogens is 2. The molecule has 0 atom stereocenters. The number of hydrogen-bond acceptors (Lipinski definition) is 3. The third-order valence-corrected chi connectivity index (χ3v) is 5.52. The summed E-state index contributed by atoms with van der Waals surface area (Å²) >= 11 is 3.46. The highest BCUT2D eigenvalue weighted by molar-refractivity contribution is 9.10. The van der Waals surface area contributed by atoms with E-state index in [0.29, 0.717) is 5.56 Å². The molecule has 30 heavy (non-hydrogen) atoms. The van der Waals surface area contributed by atoms with Gasteiger partial charge in [0.1, 0.15) is 0 Å². The van der Waals surface area contributed by atoms with E-state index in [-0.39, 0.29) is 5.91 Å². The maximum atomic E-state index is 13.3. The van der Waals surface area contributed by atoms with Crippen LogP contribution in [0.15, 0.2) is 95.6 Å². The first-order valence-electron chi connectivity index (χ1n) is 9.50. The molecule has 1 N–H and O–H groups in total. The van der Waals surface area contributed by atoms with Crippen LogP contribution in [0.25, 0.3) is 33.1 Å². The number of carbonyl (C=O) groups is 1. The first-order valence-corrected chi connectivity index (χ1v) is 10.3. The number of halogens is 1. The molecule has 0 fully saturated rings. The van der Waals surface area contributed by atoms with Gasteiger partial charge in [-0.3, -0.25) is 9.78 Å². The molecule has 4 nitrogen and oxygen atoms in total. The number of pyridine rings is 2. The van der Waals surface area contributed by atoms with Crippen molar-refractivity contribution in [3.05, 3.63) is 101 Å². The Morgan fingerprint density at radius 2 is 1.57 bits per heavy atom. The van der Waals surface area contributed by atoms with Gasteiger partial charge in [0, 0.05) is 27.0 Å². The Kier molecular flexibility index (Phi) is 4.73. The van der Waals surface area contributed by atoms with Gasteiger partial charge >= 0.3 is 0 Å². The van der Waals surface area contributed by atoms with Gasteiger partial charge in [0.25, 0.3) is 5.91 Å². The van der Waals surface area contributed by atoms with Gasteiger partial charge in [0.05, 0.1) is 28.0 Å². The van der Waals surface area contributed by atoms with Gasteiger partial charge in [-0.1, -0.05) is 52.3 Å². The zero-order valence-electron chi connectivity index (χ0n) is 15.8. The minimum Gasteiger partial charge on any atom is -0.321 e. The summed E-state index contributed by atoms with van der Waals surface area (Å²) in [6.45, 7) is 0. The summed E-state index contributed by atoms with van der Waals surface area (Å²) in [4.78, 5) is 22.5. The van der Waals surface area contributed by atoms with E-state index >= 15 is 0 Å². The van der Waals surface area contributed by atoms with Crippen molar-refractivity contribution in [1.82, 2.24) is 9.97 Å². The Bertz CT molecular complexity index is 1390. The molecule has 0 saturated carbocycles. The van der Waals surface area contributed by atoms with Gasteiger partial charge in [-0.2, -0.15) is 0 Å². The molecule has 5 rings (SSSR count). The summed E-state index contributed by atoms with van der Waals surface area (Å²) in [7, 11) is 0. The Hall–Kier alpha value is -3.57. The Balaban J connectivity index is 1.62. The van der Waals surface area contributed by atoms with E-state index in [4.69, 9.17) is 4.98 Å². The molecule has 144 valence electrons. The van der Waals surface area contributed by atoms with E-state index in [0.717, 1.165) is 43.2 Å². The van der Waals surface area contributed by atoms with Gasteiger partial charge in [0.2, 0.25) is 0 Å². The lowest BCUT2D eigenvalue weighted by Gasteiger charge is -2.12. The summed E-state index contributed by atoms with van der Waals surface area (Å²) in [6.07, 6.45) is 1.74. The van der Waals surface area contributed by atoms with Gasteiger partial charge < -0.3 is 5.32 Å². The first-order chi connectivity index (χ1) is 14.7. The van der Waals surface area contributed by atoms with E-state index in [2.05, 4.69) is 26.2 Å². The third kappa shape index (κ3) is 3.44. The molecule has 2 aromatic heterocycles. The van der Waals surface area contributed by atoms with Gasteiger partial charge in [-0.05, 0) is 48.5 Å². The maximum Gasteiger partial charge on any atom is 0.256 e. The van der Waals surface area contributed by atoms with Crippen LogP contribution in [0.3, 0.4) is 0 Å². The highest BCUT2D eigenvalue weighted by Crippen LogP contribution is 2.28. The minimum atomic E-state index is -0.177. The van der Waals surface area contributed by atoms with Crippen LogP contribution in [-0.4, -0.2) is 15.9 Å². The van der Waals surface area contributed by atoms with Crippen LogP contribution in [0, 0.1) is 0 Å². The van der Waals surface area contributed by atoms with Gasteiger partial charge in [-0.15, -0.1) is 0 Å². The number of nitrogens with zero attached hydrogens (tertiary/aromatic N) is 2. The van der Waals surface area contributed by atoms with Crippen LogP contribution in [0.5, 0.6) is 0 Å². The highest BCUT2D eigenvalue weighted by Gasteiger charge is 2.15. The zero-order chi connectivity index (χ0) is 20.5. The molecule has 0 radical (unpaired) electrons. The molecule has 5 heteroatoms. The molecular formula is C25H16BrN3O. The molecule has 5 aromatic rings. The predicted octanol–water partition coefficient (Wildman–Crippen LogP) is 6.46. The molecule has 0 aliphatic heterocycles. The van der Waals surface area contributed by atoms with Crippen molar-refractivity contribution in [2.45, 2.75) is 0 Å². The van der Waals surface area contributed by atoms with E-state index in [1.165, 1.54) is 0 Å². The van der Waals surface area contributed by atoms with Crippen molar-refractivity contribution < 1.29 is 4.79 Å². The second-order valence-corrected chi connectivity index (χ2v) is 7.82. The molecule has 0 unspecified atom stereocenters. The molecule has 2 heterocycles. The normalized spacial score (nSPS) is 11.0. The number of anilines is 1. The fourth-order valence-corrected chi connectivity index (χ4v) is 3.80. The molecule has 0 spiro atoms. The van der Waals surface area contributed by atoms with Crippen LogP contribution < -0.4 is 5.32 Å². The van der Waals surface area contributed by atoms with E-state index in [1.54, 1.807) is 6.20 Å². The van der Waals surface area contributed by atoms with Crippen molar-refractivity contribution in [2.24, 2.45) is 0 Å². The number of amides is 1.